The Balaban J connectivity index is 2.26. The molecule has 1 amide bonds. The van der Waals surface area contributed by atoms with E-state index in [0.717, 1.165) is 12.4 Å². The Bertz CT molecular complexity index is 432. The van der Waals surface area contributed by atoms with Gasteiger partial charge < -0.3 is 16.0 Å². The Hall–Kier alpha value is -2.11. The second kappa shape index (κ2) is 8.90. The van der Waals surface area contributed by atoms with Gasteiger partial charge in [0.25, 0.3) is 5.91 Å². The molecule has 1 heterocycles. The first-order valence-electron chi connectivity index (χ1n) is 6.82. The van der Waals surface area contributed by atoms with E-state index >= 15 is 0 Å². The molecule has 1 unspecified atom stereocenters. The highest BCUT2D eigenvalue weighted by Gasteiger charge is 2.05. The SMILES string of the molecule is CCC(C)NC(=NC)NCCNC(=O)c1cccnc1. The molecule has 3 N–H and O–H groups in total. The fourth-order valence-electron chi connectivity index (χ4n) is 1.49. The quantitative estimate of drug-likeness (QED) is 0.408. The number of carbonyl (C=O) groups is 1. The van der Waals surface area contributed by atoms with Crippen LogP contribution in [0.3, 0.4) is 0 Å². The van der Waals surface area contributed by atoms with Crippen LogP contribution in [0, 0.1) is 0 Å². The first-order chi connectivity index (χ1) is 9.67. The summed E-state index contributed by atoms with van der Waals surface area (Å²) in [6.07, 6.45) is 4.22. The fourth-order valence-corrected chi connectivity index (χ4v) is 1.49. The van der Waals surface area contributed by atoms with E-state index in [1.54, 1.807) is 31.6 Å². The third-order valence-corrected chi connectivity index (χ3v) is 2.85. The Morgan fingerprint density at radius 1 is 1.40 bits per heavy atom. The summed E-state index contributed by atoms with van der Waals surface area (Å²) >= 11 is 0. The van der Waals surface area contributed by atoms with E-state index < -0.39 is 0 Å². The van der Waals surface area contributed by atoms with Gasteiger partial charge in [-0.2, -0.15) is 0 Å². The first kappa shape index (κ1) is 15.9. The molecule has 0 fully saturated rings. The van der Waals surface area contributed by atoms with E-state index in [1.807, 2.05) is 0 Å². The van der Waals surface area contributed by atoms with Gasteiger partial charge in [-0.1, -0.05) is 6.92 Å². The largest absolute Gasteiger partial charge is 0.355 e. The number of nitrogens with one attached hydrogen (secondary N) is 3. The van der Waals surface area contributed by atoms with Gasteiger partial charge in [0.2, 0.25) is 0 Å². The molecular formula is C14H23N5O. The lowest BCUT2D eigenvalue weighted by Gasteiger charge is -2.16. The summed E-state index contributed by atoms with van der Waals surface area (Å²) in [6, 6.07) is 3.84. The van der Waals surface area contributed by atoms with Crippen LogP contribution in [0.5, 0.6) is 0 Å². The molecule has 0 radical (unpaired) electrons. The van der Waals surface area contributed by atoms with E-state index in [-0.39, 0.29) is 5.91 Å². The minimum atomic E-state index is -0.121. The minimum Gasteiger partial charge on any atom is -0.355 e. The van der Waals surface area contributed by atoms with Gasteiger partial charge in [-0.15, -0.1) is 0 Å². The third kappa shape index (κ3) is 5.69. The second-order valence-corrected chi connectivity index (χ2v) is 4.45. The number of carbonyl (C=O) groups excluding carboxylic acids is 1. The average molecular weight is 277 g/mol. The fraction of sp³-hybridized carbons (Fsp3) is 0.500. The van der Waals surface area contributed by atoms with Crippen LogP contribution in [0.2, 0.25) is 0 Å². The van der Waals surface area contributed by atoms with Gasteiger partial charge in [-0.3, -0.25) is 14.8 Å². The molecule has 1 aromatic heterocycles. The number of aliphatic imine (C=N–C) groups is 1. The van der Waals surface area contributed by atoms with Gasteiger partial charge >= 0.3 is 0 Å². The summed E-state index contributed by atoms with van der Waals surface area (Å²) in [5, 5.41) is 9.22. The molecule has 20 heavy (non-hydrogen) atoms. The summed E-state index contributed by atoms with van der Waals surface area (Å²) in [4.78, 5) is 19.8. The Kier molecular flexibility index (Phi) is 7.10. The lowest BCUT2D eigenvalue weighted by Crippen LogP contribution is -2.44. The molecule has 6 heteroatoms. The number of hydrogen-bond acceptors (Lipinski definition) is 3. The van der Waals surface area contributed by atoms with Gasteiger partial charge in [-0.05, 0) is 25.5 Å². The second-order valence-electron chi connectivity index (χ2n) is 4.45. The molecule has 1 rings (SSSR count). The van der Waals surface area contributed by atoms with Gasteiger partial charge in [0.05, 0.1) is 5.56 Å². The smallest absolute Gasteiger partial charge is 0.252 e. The number of nitrogens with zero attached hydrogens (tertiary/aromatic N) is 2. The van der Waals surface area contributed by atoms with Crippen LogP contribution in [0.15, 0.2) is 29.5 Å². The normalized spacial score (nSPS) is 12.7. The van der Waals surface area contributed by atoms with Gasteiger partial charge in [0, 0.05) is 38.6 Å². The molecule has 0 bridgehead atoms. The molecule has 0 aliphatic heterocycles. The number of amides is 1. The molecular weight excluding hydrogens is 254 g/mol. The van der Waals surface area contributed by atoms with Crippen molar-refractivity contribution in [2.75, 3.05) is 20.1 Å². The molecule has 6 nitrogen and oxygen atoms in total. The van der Waals surface area contributed by atoms with Crippen molar-refractivity contribution in [3.8, 4) is 0 Å². The topological polar surface area (TPSA) is 78.4 Å². The lowest BCUT2D eigenvalue weighted by molar-refractivity contribution is 0.0954. The molecule has 1 atom stereocenters. The maximum absolute atomic E-state index is 11.8. The summed E-state index contributed by atoms with van der Waals surface area (Å²) < 4.78 is 0. The zero-order chi connectivity index (χ0) is 14.8. The predicted molar refractivity (Wildman–Crippen MR) is 80.8 cm³/mol. The monoisotopic (exact) mass is 277 g/mol. The van der Waals surface area contributed by atoms with Gasteiger partial charge in [0.15, 0.2) is 5.96 Å². The Labute approximate surface area is 120 Å². The van der Waals surface area contributed by atoms with E-state index in [9.17, 15) is 4.79 Å². The first-order valence-corrected chi connectivity index (χ1v) is 6.82. The van der Waals surface area contributed by atoms with Crippen molar-refractivity contribution in [1.29, 1.82) is 0 Å². The molecule has 0 saturated heterocycles. The number of guanidine groups is 1. The molecule has 0 saturated carbocycles. The van der Waals surface area contributed by atoms with Crippen molar-refractivity contribution in [2.24, 2.45) is 4.99 Å². The summed E-state index contributed by atoms with van der Waals surface area (Å²) in [6.45, 7) is 5.34. The van der Waals surface area contributed by atoms with Crippen molar-refractivity contribution in [3.63, 3.8) is 0 Å². The van der Waals surface area contributed by atoms with Crippen LogP contribution in [0.25, 0.3) is 0 Å². The van der Waals surface area contributed by atoms with Crippen LogP contribution >= 0.6 is 0 Å². The Morgan fingerprint density at radius 2 is 2.15 bits per heavy atom. The van der Waals surface area contributed by atoms with Crippen LogP contribution in [-0.4, -0.2) is 43.0 Å². The molecule has 0 aromatic carbocycles. The van der Waals surface area contributed by atoms with Crippen molar-refractivity contribution < 1.29 is 4.79 Å². The third-order valence-electron chi connectivity index (χ3n) is 2.85. The Morgan fingerprint density at radius 3 is 2.75 bits per heavy atom. The van der Waals surface area contributed by atoms with E-state index in [0.29, 0.717) is 24.7 Å². The standard InChI is InChI=1S/C14H23N5O/c1-4-11(2)19-14(15-3)18-9-8-17-13(20)12-6-5-7-16-10-12/h5-7,10-11H,4,8-9H2,1-3H3,(H,17,20)(H2,15,18,19). The average Bonchev–Trinajstić information content (AvgIpc) is 2.50. The molecule has 0 aliphatic carbocycles. The summed E-state index contributed by atoms with van der Waals surface area (Å²) in [5.41, 5.74) is 0.564. The number of rotatable bonds is 6. The van der Waals surface area contributed by atoms with Crippen LogP contribution in [0.4, 0.5) is 0 Å². The minimum absolute atomic E-state index is 0.121. The molecule has 1 aromatic rings. The number of pyridine rings is 1. The van der Waals surface area contributed by atoms with Crippen molar-refractivity contribution in [1.82, 2.24) is 20.9 Å². The summed E-state index contributed by atoms with van der Waals surface area (Å²) in [5.74, 6) is 0.625. The zero-order valence-electron chi connectivity index (χ0n) is 12.3. The van der Waals surface area contributed by atoms with E-state index in [4.69, 9.17) is 0 Å². The van der Waals surface area contributed by atoms with Gasteiger partial charge in [-0.25, -0.2) is 0 Å². The number of aromatic nitrogens is 1. The van der Waals surface area contributed by atoms with Crippen LogP contribution < -0.4 is 16.0 Å². The van der Waals surface area contributed by atoms with E-state index in [1.165, 1.54) is 0 Å². The van der Waals surface area contributed by atoms with Crippen molar-refractivity contribution in [2.45, 2.75) is 26.3 Å². The maximum Gasteiger partial charge on any atom is 0.252 e. The van der Waals surface area contributed by atoms with Gasteiger partial charge in [0.1, 0.15) is 0 Å². The van der Waals surface area contributed by atoms with Crippen molar-refractivity contribution in [3.05, 3.63) is 30.1 Å². The molecule has 0 spiro atoms. The highest BCUT2D eigenvalue weighted by Crippen LogP contribution is 1.94. The predicted octanol–water partition coefficient (Wildman–Crippen LogP) is 0.775. The van der Waals surface area contributed by atoms with E-state index in [2.05, 4.69) is 39.8 Å². The van der Waals surface area contributed by atoms with Crippen LogP contribution in [-0.2, 0) is 0 Å². The zero-order valence-corrected chi connectivity index (χ0v) is 12.3. The molecule has 0 aliphatic rings. The maximum atomic E-state index is 11.8. The molecule has 110 valence electrons. The van der Waals surface area contributed by atoms with Crippen LogP contribution in [0.1, 0.15) is 30.6 Å². The van der Waals surface area contributed by atoms with Crippen molar-refractivity contribution >= 4 is 11.9 Å². The lowest BCUT2D eigenvalue weighted by atomic mass is 10.3. The number of hydrogen-bond donors (Lipinski definition) is 3. The summed E-state index contributed by atoms with van der Waals surface area (Å²) in [7, 11) is 1.73. The highest BCUT2D eigenvalue weighted by atomic mass is 16.1. The highest BCUT2D eigenvalue weighted by molar-refractivity contribution is 5.93.